The van der Waals surface area contributed by atoms with Crippen molar-refractivity contribution in [2.45, 2.75) is 65.5 Å². The minimum Gasteiger partial charge on any atom is -0.377 e. The van der Waals surface area contributed by atoms with Crippen LogP contribution in [0.2, 0.25) is 0 Å². The maximum Gasteiger partial charge on any atom is 0.308 e. The molecule has 4 nitrogen and oxygen atoms in total. The number of benzene rings is 1. The summed E-state index contributed by atoms with van der Waals surface area (Å²) >= 11 is 3.52. The van der Waals surface area contributed by atoms with Crippen molar-refractivity contribution in [1.29, 1.82) is 0 Å². The first-order valence-electron chi connectivity index (χ1n) is 9.08. The van der Waals surface area contributed by atoms with Gasteiger partial charge in [-0.25, -0.2) is 9.67 Å². The molecule has 0 aliphatic rings. The molecule has 2 aromatic rings. The Labute approximate surface area is 162 Å². The molecular formula is C19H26BrF2N3O. The van der Waals surface area contributed by atoms with Gasteiger partial charge >= 0.3 is 5.92 Å². The van der Waals surface area contributed by atoms with Crippen LogP contribution in [0.3, 0.4) is 0 Å². The molecule has 1 aromatic heterocycles. The highest BCUT2D eigenvalue weighted by atomic mass is 79.9. The van der Waals surface area contributed by atoms with Crippen molar-refractivity contribution in [1.82, 2.24) is 14.8 Å². The maximum atomic E-state index is 14.0. The van der Waals surface area contributed by atoms with Gasteiger partial charge in [0.25, 0.3) is 0 Å². The van der Waals surface area contributed by atoms with Gasteiger partial charge in [0.15, 0.2) is 0 Å². The lowest BCUT2D eigenvalue weighted by Gasteiger charge is -2.10. The SMILES string of the molecule is CCCCc1nc(C(F)(F)CC)nn1Cc1ccc(Br)c(COCC)c1. The Morgan fingerprint density at radius 2 is 2.00 bits per heavy atom. The van der Waals surface area contributed by atoms with E-state index in [4.69, 9.17) is 4.74 Å². The zero-order valence-corrected chi connectivity index (χ0v) is 17.2. The third-order valence-electron chi connectivity index (χ3n) is 4.18. The highest BCUT2D eigenvalue weighted by Crippen LogP contribution is 2.29. The summed E-state index contributed by atoms with van der Waals surface area (Å²) in [6.45, 7) is 7.01. The van der Waals surface area contributed by atoms with Crippen LogP contribution in [0.25, 0.3) is 0 Å². The van der Waals surface area contributed by atoms with Gasteiger partial charge in [0.05, 0.1) is 13.2 Å². The molecule has 0 fully saturated rings. The zero-order chi connectivity index (χ0) is 19.2. The van der Waals surface area contributed by atoms with Crippen LogP contribution in [0, 0.1) is 0 Å². The van der Waals surface area contributed by atoms with Crippen LogP contribution in [-0.4, -0.2) is 21.4 Å². The number of hydrogen-bond acceptors (Lipinski definition) is 3. The van der Waals surface area contributed by atoms with Crippen molar-refractivity contribution >= 4 is 15.9 Å². The molecule has 0 aliphatic heterocycles. The third kappa shape index (κ3) is 5.33. The van der Waals surface area contributed by atoms with Crippen molar-refractivity contribution in [3.8, 4) is 0 Å². The van der Waals surface area contributed by atoms with Gasteiger partial charge in [0.1, 0.15) is 5.82 Å². The number of unbranched alkanes of at least 4 members (excludes halogenated alkanes) is 1. The molecule has 0 atom stereocenters. The molecule has 0 unspecified atom stereocenters. The molecule has 0 bridgehead atoms. The molecule has 2 rings (SSSR count). The Morgan fingerprint density at radius 1 is 1.23 bits per heavy atom. The average molecular weight is 430 g/mol. The summed E-state index contributed by atoms with van der Waals surface area (Å²) < 4.78 is 36.1. The van der Waals surface area contributed by atoms with Gasteiger partial charge in [-0.1, -0.05) is 48.3 Å². The third-order valence-corrected chi connectivity index (χ3v) is 4.95. The molecule has 0 radical (unpaired) electrons. The number of hydrogen-bond donors (Lipinski definition) is 0. The molecule has 26 heavy (non-hydrogen) atoms. The zero-order valence-electron chi connectivity index (χ0n) is 15.6. The summed E-state index contributed by atoms with van der Waals surface area (Å²) in [5, 5.41) is 4.13. The Hall–Kier alpha value is -1.34. The molecule has 0 aliphatic carbocycles. The van der Waals surface area contributed by atoms with Crippen molar-refractivity contribution in [3.63, 3.8) is 0 Å². The van der Waals surface area contributed by atoms with Crippen LogP contribution < -0.4 is 0 Å². The van der Waals surface area contributed by atoms with E-state index in [9.17, 15) is 8.78 Å². The summed E-state index contributed by atoms with van der Waals surface area (Å²) in [6.07, 6.45) is 2.21. The molecule has 0 spiro atoms. The summed E-state index contributed by atoms with van der Waals surface area (Å²) in [5.41, 5.74) is 2.01. The summed E-state index contributed by atoms with van der Waals surface area (Å²) in [6, 6.07) is 5.93. The number of halogens is 3. The Bertz CT molecular complexity index is 719. The highest BCUT2D eigenvalue weighted by Gasteiger charge is 2.35. The molecule has 1 aromatic carbocycles. The van der Waals surface area contributed by atoms with E-state index in [0.29, 0.717) is 32.0 Å². The van der Waals surface area contributed by atoms with E-state index in [1.54, 1.807) is 4.68 Å². The van der Waals surface area contributed by atoms with Crippen LogP contribution >= 0.6 is 15.9 Å². The van der Waals surface area contributed by atoms with Crippen LogP contribution in [0.4, 0.5) is 8.78 Å². The normalized spacial score (nSPS) is 11.9. The van der Waals surface area contributed by atoms with E-state index in [2.05, 4.69) is 32.9 Å². The standard InChI is InChI=1S/C19H26BrF2N3O/c1-4-7-8-17-23-18(19(21,22)5-2)24-25(17)12-14-9-10-16(20)15(11-14)13-26-6-3/h9-11H,4-8,12-13H2,1-3H3. The average Bonchev–Trinajstić information content (AvgIpc) is 3.04. The van der Waals surface area contributed by atoms with Gasteiger partial charge in [-0.05, 0) is 30.5 Å². The first-order valence-corrected chi connectivity index (χ1v) is 9.87. The Morgan fingerprint density at radius 3 is 2.65 bits per heavy atom. The number of alkyl halides is 2. The lowest BCUT2D eigenvalue weighted by atomic mass is 10.1. The van der Waals surface area contributed by atoms with E-state index >= 15 is 0 Å². The van der Waals surface area contributed by atoms with Crippen molar-refractivity contribution in [2.24, 2.45) is 0 Å². The second kappa shape index (κ2) is 9.55. The lowest BCUT2D eigenvalue weighted by molar-refractivity contribution is -0.0177. The first-order chi connectivity index (χ1) is 12.4. The summed E-state index contributed by atoms with van der Waals surface area (Å²) in [5.74, 6) is -2.76. The number of rotatable bonds is 10. The number of aromatic nitrogens is 3. The quantitative estimate of drug-likeness (QED) is 0.502. The van der Waals surface area contributed by atoms with Gasteiger partial charge in [0.2, 0.25) is 5.82 Å². The molecule has 0 amide bonds. The van der Waals surface area contributed by atoms with Crippen LogP contribution in [0.15, 0.2) is 22.7 Å². The maximum absolute atomic E-state index is 14.0. The fourth-order valence-corrected chi connectivity index (χ4v) is 2.92. The molecule has 0 saturated carbocycles. The Balaban J connectivity index is 2.29. The summed E-state index contributed by atoms with van der Waals surface area (Å²) in [4.78, 5) is 4.14. The fourth-order valence-electron chi connectivity index (χ4n) is 2.56. The number of nitrogens with zero attached hydrogens (tertiary/aromatic N) is 3. The molecule has 7 heteroatoms. The number of aryl methyl sites for hydroxylation is 1. The second-order valence-electron chi connectivity index (χ2n) is 6.23. The molecule has 0 saturated heterocycles. The smallest absolute Gasteiger partial charge is 0.308 e. The molecule has 0 N–H and O–H groups in total. The van der Waals surface area contributed by atoms with E-state index in [-0.39, 0.29) is 12.2 Å². The van der Waals surface area contributed by atoms with Gasteiger partial charge < -0.3 is 4.74 Å². The lowest BCUT2D eigenvalue weighted by Crippen LogP contribution is -2.14. The Kier molecular flexibility index (Phi) is 7.70. The van der Waals surface area contributed by atoms with Gasteiger partial charge in [0, 0.05) is 23.9 Å². The molecular weight excluding hydrogens is 404 g/mol. The van der Waals surface area contributed by atoms with Crippen LogP contribution in [-0.2, 0) is 30.2 Å². The largest absolute Gasteiger partial charge is 0.377 e. The topological polar surface area (TPSA) is 39.9 Å². The van der Waals surface area contributed by atoms with Crippen molar-refractivity contribution in [3.05, 3.63) is 45.4 Å². The molecule has 1 heterocycles. The van der Waals surface area contributed by atoms with E-state index in [1.807, 2.05) is 25.1 Å². The van der Waals surface area contributed by atoms with Gasteiger partial charge in [-0.3, -0.25) is 0 Å². The monoisotopic (exact) mass is 429 g/mol. The minimum atomic E-state index is -2.99. The second-order valence-corrected chi connectivity index (χ2v) is 7.09. The van der Waals surface area contributed by atoms with E-state index < -0.39 is 5.92 Å². The van der Waals surface area contributed by atoms with Crippen LogP contribution in [0.5, 0.6) is 0 Å². The van der Waals surface area contributed by atoms with Crippen molar-refractivity contribution in [2.75, 3.05) is 6.61 Å². The van der Waals surface area contributed by atoms with Crippen molar-refractivity contribution < 1.29 is 13.5 Å². The number of ether oxygens (including phenoxy) is 1. The fraction of sp³-hybridized carbons (Fsp3) is 0.579. The summed E-state index contributed by atoms with van der Waals surface area (Å²) in [7, 11) is 0. The van der Waals surface area contributed by atoms with Gasteiger partial charge in [-0.2, -0.15) is 8.78 Å². The highest BCUT2D eigenvalue weighted by molar-refractivity contribution is 9.10. The van der Waals surface area contributed by atoms with Gasteiger partial charge in [-0.15, -0.1) is 5.10 Å². The first kappa shape index (κ1) is 21.0. The van der Waals surface area contributed by atoms with E-state index in [1.165, 1.54) is 6.92 Å². The predicted molar refractivity (Wildman–Crippen MR) is 101 cm³/mol. The van der Waals surface area contributed by atoms with Crippen LogP contribution in [0.1, 0.15) is 62.8 Å². The minimum absolute atomic E-state index is 0.305. The predicted octanol–water partition coefficient (Wildman–Crippen LogP) is 5.47. The molecule has 144 valence electrons. The van der Waals surface area contributed by atoms with E-state index in [0.717, 1.165) is 28.4 Å².